The van der Waals surface area contributed by atoms with Crippen LogP contribution in [0.5, 0.6) is 0 Å². The van der Waals surface area contributed by atoms with Gasteiger partial charge in [0.1, 0.15) is 0 Å². The Hall–Kier alpha value is -4.44. The van der Waals surface area contributed by atoms with Crippen molar-refractivity contribution in [2.75, 3.05) is 0 Å². The van der Waals surface area contributed by atoms with Crippen molar-refractivity contribution in [1.29, 1.82) is 0 Å². The minimum absolute atomic E-state index is 0. The van der Waals surface area contributed by atoms with Gasteiger partial charge >= 0.3 is 0 Å². The van der Waals surface area contributed by atoms with Gasteiger partial charge in [-0.25, -0.2) is 4.98 Å². The molecule has 4 nitrogen and oxygen atoms in total. The summed E-state index contributed by atoms with van der Waals surface area (Å²) >= 11 is 0. The Bertz CT molecular complexity index is 2360. The molecule has 0 N–H and O–H groups in total. The third-order valence-electron chi connectivity index (χ3n) is 9.72. The summed E-state index contributed by atoms with van der Waals surface area (Å²) in [5, 5.41) is 1.68. The van der Waals surface area contributed by atoms with Crippen LogP contribution in [0.1, 0.15) is 102 Å². The van der Waals surface area contributed by atoms with E-state index < -0.39 is 18.6 Å². The third-order valence-corrected chi connectivity index (χ3v) is 9.72. The molecule has 0 aliphatic carbocycles. The molecule has 0 saturated carbocycles. The molecule has 0 amide bonds. The van der Waals surface area contributed by atoms with E-state index in [4.69, 9.17) is 16.3 Å². The van der Waals surface area contributed by atoms with Crippen LogP contribution in [-0.2, 0) is 25.5 Å². The summed E-state index contributed by atoms with van der Waals surface area (Å²) in [5.74, 6) is -1.81. The van der Waals surface area contributed by atoms with Crippen molar-refractivity contribution in [1.82, 2.24) is 15.0 Å². The van der Waals surface area contributed by atoms with Crippen molar-refractivity contribution >= 4 is 22.1 Å². The molecule has 4 heterocycles. The van der Waals surface area contributed by atoms with Gasteiger partial charge in [0, 0.05) is 50.3 Å². The molecule has 0 unspecified atom stereocenters. The largest absolute Gasteiger partial charge is 0.486 e. The monoisotopic (exact) mass is 855 g/mol. The predicted octanol–water partition coefficient (Wildman–Crippen LogP) is 12.7. The second-order valence-corrected chi connectivity index (χ2v) is 13.3. The maximum Gasteiger partial charge on any atom is 0.216 e. The predicted molar refractivity (Wildman–Crippen MR) is 208 cm³/mol. The Morgan fingerprint density at radius 3 is 2.16 bits per heavy atom. The fraction of sp³-hybridized carbons (Fsp3) is 0.283. The SMILES string of the molecule is [2H]C([2H])([2H])c1cnc(-c2[c-]ccc3c2oc2nc(-c4c(C([2H])(C)C)cccc4C([2H])(C)C)ccc23)cc1C(C)(CC)CC.[Ir].[c-]1ccccc1-c1ccccn1. The van der Waals surface area contributed by atoms with Gasteiger partial charge in [0.15, 0.2) is 0 Å². The summed E-state index contributed by atoms with van der Waals surface area (Å²) in [6.07, 6.45) is 4.84. The third kappa shape index (κ3) is 7.76. The Kier molecular flexibility index (Phi) is 9.99. The van der Waals surface area contributed by atoms with Crippen molar-refractivity contribution in [3.63, 3.8) is 0 Å². The van der Waals surface area contributed by atoms with Gasteiger partial charge in [-0.1, -0.05) is 95.8 Å². The number of aromatic nitrogens is 3. The topological polar surface area (TPSA) is 51.8 Å². The van der Waals surface area contributed by atoms with E-state index in [0.29, 0.717) is 28.2 Å². The van der Waals surface area contributed by atoms with Crippen LogP contribution in [0.2, 0.25) is 0 Å². The first-order valence-electron chi connectivity index (χ1n) is 19.7. The Morgan fingerprint density at radius 2 is 1.53 bits per heavy atom. The zero-order valence-electron chi connectivity index (χ0n) is 35.3. The first kappa shape index (κ1) is 31.3. The van der Waals surface area contributed by atoms with Gasteiger partial charge in [0.05, 0.1) is 11.3 Å². The molecule has 5 heteroatoms. The van der Waals surface area contributed by atoms with E-state index in [1.807, 2.05) is 119 Å². The average Bonchev–Trinajstić information content (AvgIpc) is 3.55. The molecule has 0 atom stereocenters. The van der Waals surface area contributed by atoms with Crippen molar-refractivity contribution in [3.8, 4) is 33.8 Å². The number of pyridine rings is 3. The van der Waals surface area contributed by atoms with Crippen molar-refractivity contribution in [2.45, 2.75) is 85.4 Å². The van der Waals surface area contributed by atoms with E-state index in [9.17, 15) is 0 Å². The number of hydrogen-bond donors (Lipinski definition) is 0. The first-order valence-corrected chi connectivity index (χ1v) is 17.2. The molecule has 51 heavy (non-hydrogen) atoms. The van der Waals surface area contributed by atoms with Crippen molar-refractivity contribution in [2.24, 2.45) is 0 Å². The average molecular weight is 855 g/mol. The van der Waals surface area contributed by atoms with Crippen LogP contribution in [-0.4, -0.2) is 15.0 Å². The molecule has 0 spiro atoms. The van der Waals surface area contributed by atoms with Crippen molar-refractivity contribution < 1.29 is 31.4 Å². The zero-order chi connectivity index (χ0) is 39.8. The maximum absolute atomic E-state index is 8.82. The summed E-state index contributed by atoms with van der Waals surface area (Å²) < 4.78 is 48.6. The molecular weight excluding hydrogens is 803 g/mol. The summed E-state index contributed by atoms with van der Waals surface area (Å²) in [6.45, 7) is 11.3. The number of hydrogen-bond acceptors (Lipinski definition) is 4. The van der Waals surface area contributed by atoms with Gasteiger partial charge in [-0.2, -0.15) is 0 Å². The standard InChI is InChI=1S/C35H39N2O.C11H8N.Ir/c1-9-35(8,10-2)29-19-31(36-20-23(29)7)28-16-12-15-26-27-17-18-30(37-34(27)38-33(26)28)32-24(21(3)4)13-11-14-25(32)22(5)6;1-2-6-10(7-3-1)11-8-4-5-9-12-11;/h11-15,17-22H,9-10H2,1-8H3;1-6,8-9H;/q2*-1;/i7D3,21D,22D;;. The van der Waals surface area contributed by atoms with Crippen LogP contribution in [0.15, 0.2) is 108 Å². The summed E-state index contributed by atoms with van der Waals surface area (Å²) in [4.78, 5) is 13.8. The number of benzene rings is 3. The van der Waals surface area contributed by atoms with Crippen LogP contribution in [0.3, 0.4) is 0 Å². The fourth-order valence-corrected chi connectivity index (χ4v) is 6.41. The number of furan rings is 1. The van der Waals surface area contributed by atoms with Crippen LogP contribution < -0.4 is 0 Å². The molecule has 7 aromatic rings. The van der Waals surface area contributed by atoms with Gasteiger partial charge in [-0.3, -0.25) is 0 Å². The van der Waals surface area contributed by atoms with Crippen LogP contribution in [0.25, 0.3) is 55.8 Å². The van der Waals surface area contributed by atoms with Gasteiger partial charge in [-0.15, -0.1) is 54.1 Å². The van der Waals surface area contributed by atoms with E-state index in [-0.39, 0.29) is 31.1 Å². The molecule has 263 valence electrons. The number of nitrogens with zero attached hydrogens (tertiary/aromatic N) is 3. The molecule has 1 radical (unpaired) electrons. The minimum atomic E-state index is -2.28. The summed E-state index contributed by atoms with van der Waals surface area (Å²) in [5.41, 5.74) is 7.99. The van der Waals surface area contributed by atoms with Gasteiger partial charge in [-0.05, 0) is 88.7 Å². The van der Waals surface area contributed by atoms with Gasteiger partial charge in [0.25, 0.3) is 0 Å². The fourth-order valence-electron chi connectivity index (χ4n) is 6.41. The van der Waals surface area contributed by atoms with Crippen LogP contribution in [0.4, 0.5) is 0 Å². The molecule has 0 bridgehead atoms. The van der Waals surface area contributed by atoms with Crippen molar-refractivity contribution in [3.05, 3.63) is 138 Å². The molecular formula is C46H47IrN3O-2. The summed E-state index contributed by atoms with van der Waals surface area (Å²) in [6, 6.07) is 35.4. The molecule has 4 aromatic heterocycles. The molecule has 0 saturated heterocycles. The van der Waals surface area contributed by atoms with E-state index in [0.717, 1.165) is 57.1 Å². The Morgan fingerprint density at radius 1 is 0.784 bits per heavy atom. The molecule has 0 fully saturated rings. The normalized spacial score (nSPS) is 13.6. The zero-order valence-corrected chi connectivity index (χ0v) is 32.7. The quantitative estimate of drug-likeness (QED) is 0.143. The van der Waals surface area contributed by atoms with E-state index >= 15 is 0 Å². The number of fused-ring (bicyclic) bond motifs is 3. The molecule has 7 rings (SSSR count). The van der Waals surface area contributed by atoms with E-state index in [1.54, 1.807) is 6.20 Å². The smallest absolute Gasteiger partial charge is 0.216 e. The second kappa shape index (κ2) is 16.3. The van der Waals surface area contributed by atoms with Crippen LogP contribution in [0, 0.1) is 19.0 Å². The first-order chi connectivity index (χ1) is 26.0. The minimum Gasteiger partial charge on any atom is -0.486 e. The van der Waals surface area contributed by atoms with Crippen LogP contribution >= 0.6 is 0 Å². The number of aryl methyl sites for hydroxylation is 1. The van der Waals surface area contributed by atoms with Gasteiger partial charge in [0.2, 0.25) is 5.71 Å². The van der Waals surface area contributed by atoms with Gasteiger partial charge < -0.3 is 14.4 Å². The maximum atomic E-state index is 8.82. The Balaban J connectivity index is 0.000000391. The molecule has 0 aliphatic heterocycles. The molecule has 0 aliphatic rings. The Labute approximate surface area is 324 Å². The number of rotatable bonds is 8. The van der Waals surface area contributed by atoms with E-state index in [1.165, 1.54) is 6.20 Å². The molecule has 3 aromatic carbocycles. The summed E-state index contributed by atoms with van der Waals surface area (Å²) in [7, 11) is 0. The second-order valence-electron chi connectivity index (χ2n) is 13.3. The van der Waals surface area contributed by atoms with E-state index in [2.05, 4.69) is 42.9 Å².